The van der Waals surface area contributed by atoms with Crippen molar-refractivity contribution in [3.63, 3.8) is 0 Å². The summed E-state index contributed by atoms with van der Waals surface area (Å²) >= 11 is 0. The van der Waals surface area contributed by atoms with Gasteiger partial charge in [0, 0.05) is 13.1 Å². The lowest BCUT2D eigenvalue weighted by Gasteiger charge is -2.48. The van der Waals surface area contributed by atoms with Crippen molar-refractivity contribution < 1.29 is 4.79 Å². The van der Waals surface area contributed by atoms with Gasteiger partial charge in [0.05, 0.1) is 12.6 Å². The van der Waals surface area contributed by atoms with Crippen molar-refractivity contribution in [2.24, 2.45) is 11.8 Å². The smallest absolute Gasteiger partial charge is 0.237 e. The Morgan fingerprint density at radius 3 is 2.58 bits per heavy atom. The van der Waals surface area contributed by atoms with E-state index in [1.807, 2.05) is 7.05 Å². The second-order valence-corrected chi connectivity index (χ2v) is 8.43. The van der Waals surface area contributed by atoms with Crippen LogP contribution in [0.25, 0.3) is 0 Å². The average molecular weight is 332 g/mol. The van der Waals surface area contributed by atoms with Gasteiger partial charge in [-0.3, -0.25) is 9.69 Å². The van der Waals surface area contributed by atoms with E-state index in [-0.39, 0.29) is 5.91 Å². The highest BCUT2D eigenvalue weighted by atomic mass is 16.2. The zero-order valence-corrected chi connectivity index (χ0v) is 15.5. The number of fused-ring (bicyclic) bond motifs is 1. The van der Waals surface area contributed by atoms with Crippen molar-refractivity contribution in [1.82, 2.24) is 9.80 Å². The summed E-state index contributed by atoms with van der Waals surface area (Å²) in [6.07, 6.45) is 11.5. The van der Waals surface area contributed by atoms with Crippen LogP contribution in [0, 0.1) is 23.2 Å². The van der Waals surface area contributed by atoms with Crippen LogP contribution in [0.5, 0.6) is 0 Å². The van der Waals surface area contributed by atoms with E-state index in [9.17, 15) is 10.1 Å². The van der Waals surface area contributed by atoms with Gasteiger partial charge in [-0.15, -0.1) is 0 Å². The monoisotopic (exact) mass is 331 g/mol. The molecule has 0 radical (unpaired) electrons. The maximum absolute atomic E-state index is 13.0. The third-order valence-corrected chi connectivity index (χ3v) is 6.99. The maximum atomic E-state index is 13.0. The molecule has 1 saturated heterocycles. The van der Waals surface area contributed by atoms with Gasteiger partial charge in [0.2, 0.25) is 5.91 Å². The van der Waals surface area contributed by atoms with E-state index < -0.39 is 5.54 Å². The van der Waals surface area contributed by atoms with Crippen LogP contribution in [0.4, 0.5) is 0 Å². The summed E-state index contributed by atoms with van der Waals surface area (Å²) in [7, 11) is 1.86. The molecule has 0 spiro atoms. The number of nitrogens with zero attached hydrogens (tertiary/aromatic N) is 3. The molecule has 2 saturated carbocycles. The Balaban J connectivity index is 1.68. The molecule has 3 fully saturated rings. The van der Waals surface area contributed by atoms with Gasteiger partial charge in [0.1, 0.15) is 5.54 Å². The summed E-state index contributed by atoms with van der Waals surface area (Å²) in [5.41, 5.74) is -0.553. The van der Waals surface area contributed by atoms with Gasteiger partial charge in [-0.25, -0.2) is 0 Å². The Morgan fingerprint density at radius 2 is 1.88 bits per heavy atom. The maximum Gasteiger partial charge on any atom is 0.237 e. The molecule has 0 aromatic heterocycles. The van der Waals surface area contributed by atoms with E-state index >= 15 is 0 Å². The molecular weight excluding hydrogens is 298 g/mol. The number of piperidine rings is 1. The lowest BCUT2D eigenvalue weighted by Crippen LogP contribution is -2.57. The first kappa shape index (κ1) is 17.7. The molecule has 1 heterocycles. The topological polar surface area (TPSA) is 47.3 Å². The summed E-state index contributed by atoms with van der Waals surface area (Å²) in [5.74, 6) is 1.62. The number of hydrogen-bond donors (Lipinski definition) is 0. The van der Waals surface area contributed by atoms with Crippen molar-refractivity contribution in [2.45, 2.75) is 82.7 Å². The average Bonchev–Trinajstić information content (AvgIpc) is 2.62. The molecule has 4 nitrogen and oxygen atoms in total. The summed E-state index contributed by atoms with van der Waals surface area (Å²) in [6.45, 7) is 3.91. The minimum atomic E-state index is -0.553. The van der Waals surface area contributed by atoms with Gasteiger partial charge in [0.15, 0.2) is 0 Å². The van der Waals surface area contributed by atoms with Crippen LogP contribution in [0.2, 0.25) is 0 Å². The zero-order valence-electron chi connectivity index (χ0n) is 15.5. The molecule has 134 valence electrons. The summed E-state index contributed by atoms with van der Waals surface area (Å²) < 4.78 is 0. The Morgan fingerprint density at radius 1 is 1.17 bits per heavy atom. The molecule has 1 amide bonds. The molecular formula is C20H33N3O. The highest BCUT2D eigenvalue weighted by Crippen LogP contribution is 2.39. The molecule has 0 N–H and O–H groups in total. The third-order valence-electron chi connectivity index (χ3n) is 6.99. The number of likely N-dealkylation sites (N-methyl/N-ethyl adjacent to an activating group) is 1. The Bertz CT molecular complexity index is 490. The highest BCUT2D eigenvalue weighted by Gasteiger charge is 2.42. The van der Waals surface area contributed by atoms with Crippen LogP contribution in [0.3, 0.4) is 0 Å². The van der Waals surface area contributed by atoms with E-state index in [1.54, 1.807) is 4.90 Å². The van der Waals surface area contributed by atoms with Gasteiger partial charge < -0.3 is 4.90 Å². The molecule has 24 heavy (non-hydrogen) atoms. The predicted octanol–water partition coefficient (Wildman–Crippen LogP) is 3.57. The van der Waals surface area contributed by atoms with Crippen LogP contribution in [0.15, 0.2) is 0 Å². The van der Waals surface area contributed by atoms with Crippen LogP contribution < -0.4 is 0 Å². The molecule has 3 rings (SSSR count). The fourth-order valence-corrected chi connectivity index (χ4v) is 5.55. The molecule has 0 aromatic carbocycles. The Labute approximate surface area is 147 Å². The number of carbonyl (C=O) groups excluding carboxylic acids is 1. The lowest BCUT2D eigenvalue weighted by molar-refractivity contribution is -0.138. The quantitative estimate of drug-likeness (QED) is 0.794. The third kappa shape index (κ3) is 3.33. The number of nitriles is 1. The molecule has 0 bridgehead atoms. The van der Waals surface area contributed by atoms with Crippen molar-refractivity contribution >= 4 is 5.91 Å². The highest BCUT2D eigenvalue weighted by molar-refractivity contribution is 5.79. The standard InChI is InChI=1S/C20H33N3O/c1-16-8-6-9-17-10-7-13-23(19(16)17)14-18(24)22(2)20(15-21)11-4-3-5-12-20/h16-17,19H,3-14H2,1-2H3/t16-,17+,19-/m1/s1. The van der Waals surface area contributed by atoms with E-state index in [2.05, 4.69) is 17.9 Å². The SMILES string of the molecule is C[C@@H]1CCC[C@H]2CCCN(CC(=O)N(C)C3(C#N)CCCCC3)[C@@H]21. The van der Waals surface area contributed by atoms with E-state index in [1.165, 1.54) is 38.5 Å². The summed E-state index contributed by atoms with van der Waals surface area (Å²) in [4.78, 5) is 17.2. The van der Waals surface area contributed by atoms with Gasteiger partial charge in [-0.1, -0.05) is 32.6 Å². The van der Waals surface area contributed by atoms with E-state index in [4.69, 9.17) is 0 Å². The molecule has 0 aromatic rings. The second-order valence-electron chi connectivity index (χ2n) is 8.43. The summed E-state index contributed by atoms with van der Waals surface area (Å²) in [5, 5.41) is 9.74. The van der Waals surface area contributed by atoms with Crippen molar-refractivity contribution in [1.29, 1.82) is 5.26 Å². The van der Waals surface area contributed by atoms with Gasteiger partial charge in [0.25, 0.3) is 0 Å². The second kappa shape index (κ2) is 7.44. The van der Waals surface area contributed by atoms with E-state index in [0.717, 1.165) is 38.1 Å². The molecule has 0 unspecified atom stereocenters. The van der Waals surface area contributed by atoms with Crippen LogP contribution >= 0.6 is 0 Å². The number of hydrogen-bond acceptors (Lipinski definition) is 3. The van der Waals surface area contributed by atoms with Crippen molar-refractivity contribution in [3.05, 3.63) is 0 Å². The van der Waals surface area contributed by atoms with Gasteiger partial charge in [-0.2, -0.15) is 5.26 Å². The predicted molar refractivity (Wildman–Crippen MR) is 95.3 cm³/mol. The number of rotatable bonds is 3. The van der Waals surface area contributed by atoms with Crippen molar-refractivity contribution in [3.8, 4) is 6.07 Å². The molecule has 4 heteroatoms. The minimum Gasteiger partial charge on any atom is -0.326 e. The Kier molecular flexibility index (Phi) is 5.49. The molecule has 2 aliphatic carbocycles. The number of carbonyl (C=O) groups is 1. The fraction of sp³-hybridized carbons (Fsp3) is 0.900. The summed E-state index contributed by atoms with van der Waals surface area (Å²) in [6, 6.07) is 3.07. The first-order valence-corrected chi connectivity index (χ1v) is 9.99. The first-order valence-electron chi connectivity index (χ1n) is 9.99. The fourth-order valence-electron chi connectivity index (χ4n) is 5.55. The van der Waals surface area contributed by atoms with Gasteiger partial charge >= 0.3 is 0 Å². The molecule has 1 aliphatic heterocycles. The minimum absolute atomic E-state index is 0.150. The first-order chi connectivity index (χ1) is 11.6. The van der Waals surface area contributed by atoms with Crippen LogP contribution in [-0.4, -0.2) is 47.4 Å². The number of likely N-dealkylation sites (tertiary alicyclic amines) is 1. The lowest BCUT2D eigenvalue weighted by atomic mass is 9.73. The molecule has 3 aliphatic rings. The van der Waals surface area contributed by atoms with Crippen LogP contribution in [-0.2, 0) is 4.79 Å². The number of amides is 1. The van der Waals surface area contributed by atoms with Crippen LogP contribution in [0.1, 0.15) is 71.1 Å². The normalized spacial score (nSPS) is 33.3. The van der Waals surface area contributed by atoms with Crippen molar-refractivity contribution in [2.75, 3.05) is 20.1 Å². The van der Waals surface area contributed by atoms with E-state index in [0.29, 0.717) is 18.5 Å². The van der Waals surface area contributed by atoms with Gasteiger partial charge in [-0.05, 0) is 56.9 Å². The molecule has 3 atom stereocenters. The largest absolute Gasteiger partial charge is 0.326 e. The zero-order chi connectivity index (χ0) is 17.2. The Hall–Kier alpha value is -1.08.